The van der Waals surface area contributed by atoms with Gasteiger partial charge in [-0.05, 0) is 122 Å². The lowest BCUT2D eigenvalue weighted by Crippen LogP contribution is -2.30. The predicted molar refractivity (Wildman–Crippen MR) is 339 cm³/mol. The topological polar surface area (TPSA) is 78.9 Å². The van der Waals surface area contributed by atoms with Crippen LogP contribution < -0.4 is 0 Å². The second kappa shape index (κ2) is 64.8. The number of esters is 3. The molecule has 78 heavy (non-hydrogen) atoms. The summed E-state index contributed by atoms with van der Waals surface area (Å²) in [6.45, 7) is 6.37. The van der Waals surface area contributed by atoms with E-state index in [0.29, 0.717) is 12.8 Å². The van der Waals surface area contributed by atoms with E-state index in [1.165, 1.54) is 83.5 Å². The first kappa shape index (κ1) is 73.3. The van der Waals surface area contributed by atoms with E-state index >= 15 is 0 Å². The minimum atomic E-state index is -0.801. The summed E-state index contributed by atoms with van der Waals surface area (Å²) < 4.78 is 16.8. The number of carbonyl (C=O) groups excluding carboxylic acids is 3. The number of allylic oxidation sites excluding steroid dienone is 24. The molecule has 0 spiro atoms. The summed E-state index contributed by atoms with van der Waals surface area (Å²) in [5.41, 5.74) is 0. The Balaban J connectivity index is 4.24. The highest BCUT2D eigenvalue weighted by Crippen LogP contribution is 2.15. The predicted octanol–water partition coefficient (Wildman–Crippen LogP) is 21.9. The highest BCUT2D eigenvalue weighted by atomic mass is 16.6. The molecular formula is C72H116O6. The first-order valence-corrected chi connectivity index (χ1v) is 31.8. The fraction of sp³-hybridized carbons (Fsp3) is 0.625. The zero-order valence-electron chi connectivity index (χ0n) is 50.4. The van der Waals surface area contributed by atoms with Crippen LogP contribution in [-0.2, 0) is 28.6 Å². The molecule has 1 unspecified atom stereocenters. The van der Waals surface area contributed by atoms with Crippen molar-refractivity contribution < 1.29 is 28.6 Å². The average Bonchev–Trinajstić information content (AvgIpc) is 3.44. The summed E-state index contributed by atoms with van der Waals surface area (Å²) in [4.78, 5) is 38.2. The van der Waals surface area contributed by atoms with Crippen LogP contribution in [0.3, 0.4) is 0 Å². The van der Waals surface area contributed by atoms with Crippen LogP contribution in [0.25, 0.3) is 0 Å². The third kappa shape index (κ3) is 62.1. The molecule has 1 atom stereocenters. The molecule has 0 fully saturated rings. The fourth-order valence-electron chi connectivity index (χ4n) is 8.39. The van der Waals surface area contributed by atoms with Gasteiger partial charge in [-0.25, -0.2) is 0 Å². The normalized spacial score (nSPS) is 13.1. The number of rotatable bonds is 56. The summed E-state index contributed by atoms with van der Waals surface area (Å²) in [5.74, 6) is -0.938. The first-order valence-electron chi connectivity index (χ1n) is 31.8. The molecule has 0 radical (unpaired) electrons. The highest BCUT2D eigenvalue weighted by Gasteiger charge is 2.19. The van der Waals surface area contributed by atoms with Gasteiger partial charge in [-0.3, -0.25) is 14.4 Å². The molecule has 0 saturated heterocycles. The third-order valence-corrected chi connectivity index (χ3v) is 13.1. The molecule has 0 N–H and O–H groups in total. The van der Waals surface area contributed by atoms with Crippen molar-refractivity contribution >= 4 is 17.9 Å². The van der Waals surface area contributed by atoms with Crippen molar-refractivity contribution in [3.05, 3.63) is 146 Å². The number of ether oxygens (including phenoxy) is 3. The third-order valence-electron chi connectivity index (χ3n) is 13.1. The molecule has 0 aliphatic rings. The van der Waals surface area contributed by atoms with Crippen LogP contribution in [0.15, 0.2) is 146 Å². The van der Waals surface area contributed by atoms with Gasteiger partial charge in [0.2, 0.25) is 0 Å². The Kier molecular flexibility index (Phi) is 60.9. The van der Waals surface area contributed by atoms with Gasteiger partial charge in [0.15, 0.2) is 6.10 Å². The van der Waals surface area contributed by atoms with Crippen molar-refractivity contribution in [2.45, 2.75) is 277 Å². The molecule has 0 saturated carbocycles. The van der Waals surface area contributed by atoms with Crippen LogP contribution in [0.5, 0.6) is 0 Å². The van der Waals surface area contributed by atoms with Crippen molar-refractivity contribution in [1.29, 1.82) is 0 Å². The molecule has 0 amide bonds. The quantitative estimate of drug-likeness (QED) is 0.0261. The Morgan fingerprint density at radius 1 is 0.269 bits per heavy atom. The van der Waals surface area contributed by atoms with E-state index in [4.69, 9.17) is 14.2 Å². The maximum Gasteiger partial charge on any atom is 0.306 e. The minimum absolute atomic E-state index is 0.0950. The van der Waals surface area contributed by atoms with Gasteiger partial charge in [-0.1, -0.05) is 276 Å². The van der Waals surface area contributed by atoms with Crippen LogP contribution in [0.1, 0.15) is 271 Å². The zero-order chi connectivity index (χ0) is 56.4. The lowest BCUT2D eigenvalue weighted by atomic mass is 10.0. The van der Waals surface area contributed by atoms with Crippen LogP contribution in [0.2, 0.25) is 0 Å². The van der Waals surface area contributed by atoms with Crippen molar-refractivity contribution in [3.8, 4) is 0 Å². The maximum atomic E-state index is 12.8. The van der Waals surface area contributed by atoms with Gasteiger partial charge in [0.1, 0.15) is 13.2 Å². The van der Waals surface area contributed by atoms with Crippen molar-refractivity contribution in [2.75, 3.05) is 13.2 Å². The first-order chi connectivity index (χ1) is 38.5. The molecule has 0 aromatic heterocycles. The number of carbonyl (C=O) groups is 3. The van der Waals surface area contributed by atoms with Crippen LogP contribution in [0, 0.1) is 0 Å². The van der Waals surface area contributed by atoms with Crippen LogP contribution >= 0.6 is 0 Å². The lowest BCUT2D eigenvalue weighted by molar-refractivity contribution is -0.167. The summed E-state index contributed by atoms with van der Waals surface area (Å²) in [6.07, 6.45) is 92.9. The Hall–Kier alpha value is -4.71. The molecule has 0 heterocycles. The Labute approximate surface area is 480 Å². The molecular weight excluding hydrogens is 961 g/mol. The van der Waals surface area contributed by atoms with Gasteiger partial charge in [-0.15, -0.1) is 0 Å². The fourth-order valence-corrected chi connectivity index (χ4v) is 8.39. The van der Waals surface area contributed by atoms with Crippen molar-refractivity contribution in [1.82, 2.24) is 0 Å². The summed E-state index contributed by atoms with van der Waals surface area (Å²) in [5, 5.41) is 0. The number of unbranched alkanes of at least 4 members (excludes halogenated alkanes) is 21. The smallest absolute Gasteiger partial charge is 0.306 e. The SMILES string of the molecule is CC/C=C\C/C=C\C/C=C\C/C=C\C/C=C\C/C=C\C/C=C\C/C=C\C/C=C\CCCCCCCCCC(=O)OCC(COC(=O)CCCCCCCCCCCCCC)OC(=O)CCCCC/C=C\C/C=C\C/C=C\CC. The van der Waals surface area contributed by atoms with E-state index < -0.39 is 6.10 Å². The van der Waals surface area contributed by atoms with Crippen LogP contribution in [0.4, 0.5) is 0 Å². The largest absolute Gasteiger partial charge is 0.462 e. The van der Waals surface area contributed by atoms with Gasteiger partial charge >= 0.3 is 17.9 Å². The number of hydrogen-bond acceptors (Lipinski definition) is 6. The second-order valence-corrected chi connectivity index (χ2v) is 20.6. The standard InChI is InChI=1S/C72H116O6/c1-4-7-10-13-16-19-22-25-26-27-28-29-30-31-32-33-34-35-36-37-38-39-40-41-42-43-44-45-46-48-50-53-56-59-62-65-71(74)77-68-69(67-76-70(73)64-61-58-55-52-49-24-21-18-15-12-9-6-3)78-72(75)66-63-60-57-54-51-47-23-20-17-14-11-8-5-2/h7-8,10-11,16-17,19-20,25-26,28-29,31-32,34-35,37-38,40-41,43-44,47,51,69H,4-6,9,12-15,18,21-24,27,30,33,36,39,42,45-46,48-50,52-68H2,1-3H3/b10-7-,11-8-,19-16-,20-17-,26-25-,29-28-,32-31-,35-34-,38-37-,41-40-,44-43-,51-47-. The Bertz CT molecular complexity index is 1710. The molecule has 0 aromatic rings. The van der Waals surface area contributed by atoms with Crippen LogP contribution in [-0.4, -0.2) is 37.2 Å². The van der Waals surface area contributed by atoms with E-state index in [9.17, 15) is 14.4 Å². The van der Waals surface area contributed by atoms with E-state index in [0.717, 1.165) is 148 Å². The summed E-state index contributed by atoms with van der Waals surface area (Å²) >= 11 is 0. The molecule has 0 aliphatic carbocycles. The zero-order valence-corrected chi connectivity index (χ0v) is 50.4. The van der Waals surface area contributed by atoms with Gasteiger partial charge < -0.3 is 14.2 Å². The molecule has 0 aliphatic heterocycles. The molecule has 6 nitrogen and oxygen atoms in total. The summed E-state index contributed by atoms with van der Waals surface area (Å²) in [7, 11) is 0. The molecule has 440 valence electrons. The van der Waals surface area contributed by atoms with Gasteiger partial charge in [0.05, 0.1) is 0 Å². The van der Waals surface area contributed by atoms with Gasteiger partial charge in [-0.2, -0.15) is 0 Å². The Morgan fingerprint density at radius 3 is 0.795 bits per heavy atom. The monoisotopic (exact) mass is 1080 g/mol. The van der Waals surface area contributed by atoms with E-state index in [1.54, 1.807) is 0 Å². The lowest BCUT2D eigenvalue weighted by Gasteiger charge is -2.18. The van der Waals surface area contributed by atoms with Gasteiger partial charge in [0.25, 0.3) is 0 Å². The number of hydrogen-bond donors (Lipinski definition) is 0. The Morgan fingerprint density at radius 2 is 0.500 bits per heavy atom. The average molecular weight is 1080 g/mol. The second-order valence-electron chi connectivity index (χ2n) is 20.6. The van der Waals surface area contributed by atoms with E-state index in [1.807, 2.05) is 0 Å². The molecule has 0 aromatic carbocycles. The molecule has 6 heteroatoms. The minimum Gasteiger partial charge on any atom is -0.462 e. The van der Waals surface area contributed by atoms with Crippen molar-refractivity contribution in [3.63, 3.8) is 0 Å². The molecule has 0 bridgehead atoms. The summed E-state index contributed by atoms with van der Waals surface area (Å²) in [6, 6.07) is 0. The van der Waals surface area contributed by atoms with E-state index in [2.05, 4.69) is 167 Å². The highest BCUT2D eigenvalue weighted by molar-refractivity contribution is 5.71. The van der Waals surface area contributed by atoms with E-state index in [-0.39, 0.29) is 37.5 Å². The van der Waals surface area contributed by atoms with Crippen molar-refractivity contribution in [2.24, 2.45) is 0 Å². The maximum absolute atomic E-state index is 12.8. The van der Waals surface area contributed by atoms with Gasteiger partial charge in [0, 0.05) is 19.3 Å². The molecule has 0 rings (SSSR count).